The molecular weight excluding hydrogens is 344 g/mol. The number of aromatic amines is 1. The van der Waals surface area contributed by atoms with Crippen LogP contribution in [0, 0.1) is 6.92 Å². The Morgan fingerprint density at radius 3 is 2.36 bits per heavy atom. The van der Waals surface area contributed by atoms with Crippen LogP contribution in [0.15, 0.2) is 42.5 Å². The molecule has 1 aliphatic carbocycles. The Balaban J connectivity index is 1.27. The van der Waals surface area contributed by atoms with E-state index >= 15 is 0 Å². The molecule has 1 aliphatic heterocycles. The Labute approximate surface area is 167 Å². The Hall–Kier alpha value is -2.33. The molecule has 3 aromatic rings. The highest BCUT2D eigenvalue weighted by Crippen LogP contribution is 2.27. The largest absolute Gasteiger partial charge is 0.369 e. The van der Waals surface area contributed by atoms with Crippen LogP contribution in [-0.2, 0) is 0 Å². The quantitative estimate of drug-likeness (QED) is 0.701. The molecule has 1 aromatic heterocycles. The van der Waals surface area contributed by atoms with E-state index in [1.807, 2.05) is 0 Å². The monoisotopic (exact) mass is 374 g/mol. The normalized spacial score (nSPS) is 19.4. The van der Waals surface area contributed by atoms with Crippen LogP contribution >= 0.6 is 0 Å². The summed E-state index contributed by atoms with van der Waals surface area (Å²) in [6.07, 6.45) is 7.10. The minimum absolute atomic E-state index is 0.842. The number of aryl methyl sites for hydroxylation is 1. The summed E-state index contributed by atoms with van der Waals surface area (Å²) in [7, 11) is 0. The lowest BCUT2D eigenvalue weighted by atomic mass is 9.94. The minimum Gasteiger partial charge on any atom is -0.369 e. The van der Waals surface area contributed by atoms with Gasteiger partial charge in [0, 0.05) is 43.5 Å². The first-order valence-electron chi connectivity index (χ1n) is 10.8. The summed E-state index contributed by atoms with van der Waals surface area (Å²) >= 11 is 0. The second-order valence-corrected chi connectivity index (χ2v) is 8.42. The summed E-state index contributed by atoms with van der Waals surface area (Å²) in [4.78, 5) is 13.5. The van der Waals surface area contributed by atoms with E-state index in [2.05, 4.69) is 64.2 Å². The zero-order chi connectivity index (χ0) is 18.9. The van der Waals surface area contributed by atoms with Gasteiger partial charge in [0.05, 0.1) is 11.0 Å². The van der Waals surface area contributed by atoms with E-state index in [1.165, 1.54) is 56.4 Å². The van der Waals surface area contributed by atoms with Crippen molar-refractivity contribution in [1.29, 1.82) is 0 Å². The Morgan fingerprint density at radius 2 is 1.64 bits per heavy atom. The van der Waals surface area contributed by atoms with Gasteiger partial charge in [-0.2, -0.15) is 0 Å². The van der Waals surface area contributed by atoms with E-state index in [0.29, 0.717) is 0 Å². The zero-order valence-electron chi connectivity index (χ0n) is 16.8. The number of nitrogens with one attached hydrogen (secondary N) is 1. The molecule has 2 aliphatic rings. The predicted molar refractivity (Wildman–Crippen MR) is 117 cm³/mol. The van der Waals surface area contributed by atoms with Gasteiger partial charge in [-0.05, 0) is 55.7 Å². The molecule has 4 nitrogen and oxygen atoms in total. The number of para-hydroxylation sites is 1. The maximum Gasteiger partial charge on any atom is 0.138 e. The number of benzene rings is 2. The van der Waals surface area contributed by atoms with Crippen molar-refractivity contribution >= 4 is 16.7 Å². The van der Waals surface area contributed by atoms with Gasteiger partial charge in [0.15, 0.2) is 0 Å². The topological polar surface area (TPSA) is 35.2 Å². The molecule has 2 aromatic carbocycles. The third kappa shape index (κ3) is 3.42. The van der Waals surface area contributed by atoms with Crippen LogP contribution in [0.1, 0.15) is 37.7 Å². The summed E-state index contributed by atoms with van der Waals surface area (Å²) in [5.41, 5.74) is 5.88. The van der Waals surface area contributed by atoms with E-state index in [0.717, 1.165) is 41.6 Å². The molecule has 2 fully saturated rings. The fraction of sp³-hybridized carbons (Fsp3) is 0.458. The highest BCUT2D eigenvalue weighted by molar-refractivity contribution is 5.82. The number of hydrogen-bond donors (Lipinski definition) is 1. The predicted octanol–water partition coefficient (Wildman–Crippen LogP) is 4.99. The van der Waals surface area contributed by atoms with E-state index in [-0.39, 0.29) is 0 Å². The summed E-state index contributed by atoms with van der Waals surface area (Å²) < 4.78 is 0. The van der Waals surface area contributed by atoms with Crippen molar-refractivity contribution in [3.63, 3.8) is 0 Å². The van der Waals surface area contributed by atoms with Gasteiger partial charge in [-0.3, -0.25) is 4.90 Å². The van der Waals surface area contributed by atoms with Crippen molar-refractivity contribution in [3.05, 3.63) is 48.0 Å². The van der Waals surface area contributed by atoms with Crippen LogP contribution < -0.4 is 4.90 Å². The number of piperazine rings is 1. The standard InChI is InChI=1S/C24H30N4/c1-18-6-5-9-22-23(18)26-24(25-22)19-10-12-21(13-11-19)28-16-14-27(15-17-28)20-7-3-2-4-8-20/h5-6,9-13,20H,2-4,7-8,14-17H2,1H3,(H,25,26). The van der Waals surface area contributed by atoms with Crippen LogP contribution in [-0.4, -0.2) is 47.1 Å². The third-order valence-corrected chi connectivity index (χ3v) is 6.63. The second-order valence-electron chi connectivity index (χ2n) is 8.42. The van der Waals surface area contributed by atoms with Gasteiger partial charge in [-0.25, -0.2) is 4.98 Å². The van der Waals surface area contributed by atoms with E-state index in [9.17, 15) is 0 Å². The average molecular weight is 375 g/mol. The van der Waals surface area contributed by atoms with Crippen LogP contribution in [0.25, 0.3) is 22.4 Å². The first-order chi connectivity index (χ1) is 13.8. The molecule has 5 rings (SSSR count). The SMILES string of the molecule is Cc1cccc2[nH]c(-c3ccc(N4CCN(C5CCCCC5)CC4)cc3)nc12. The average Bonchev–Trinajstić information content (AvgIpc) is 3.21. The number of hydrogen-bond acceptors (Lipinski definition) is 3. The smallest absolute Gasteiger partial charge is 0.138 e. The molecule has 0 atom stereocenters. The van der Waals surface area contributed by atoms with Gasteiger partial charge in [-0.15, -0.1) is 0 Å². The van der Waals surface area contributed by atoms with E-state index in [4.69, 9.17) is 4.98 Å². The number of H-pyrrole nitrogens is 1. The lowest BCUT2D eigenvalue weighted by molar-refractivity contribution is 0.148. The lowest BCUT2D eigenvalue weighted by Gasteiger charge is -2.41. The third-order valence-electron chi connectivity index (χ3n) is 6.63. The van der Waals surface area contributed by atoms with Crippen LogP contribution in [0.5, 0.6) is 0 Å². The number of nitrogens with zero attached hydrogens (tertiary/aromatic N) is 3. The molecular formula is C24H30N4. The van der Waals surface area contributed by atoms with Crippen molar-refractivity contribution in [2.24, 2.45) is 0 Å². The molecule has 4 heteroatoms. The molecule has 146 valence electrons. The number of fused-ring (bicyclic) bond motifs is 1. The summed E-state index contributed by atoms with van der Waals surface area (Å²) in [6.45, 7) is 6.80. The molecule has 0 bridgehead atoms. The van der Waals surface area contributed by atoms with Crippen molar-refractivity contribution in [2.75, 3.05) is 31.1 Å². The van der Waals surface area contributed by atoms with Crippen LogP contribution in [0.3, 0.4) is 0 Å². The van der Waals surface area contributed by atoms with Crippen molar-refractivity contribution in [2.45, 2.75) is 45.1 Å². The summed E-state index contributed by atoms with van der Waals surface area (Å²) in [5, 5.41) is 0. The Kier molecular flexibility index (Phi) is 4.81. The number of anilines is 1. The Morgan fingerprint density at radius 1 is 0.893 bits per heavy atom. The maximum absolute atomic E-state index is 4.81. The van der Waals surface area contributed by atoms with Gasteiger partial charge in [-0.1, -0.05) is 31.4 Å². The molecule has 1 saturated carbocycles. The number of rotatable bonds is 3. The van der Waals surface area contributed by atoms with Crippen molar-refractivity contribution in [3.8, 4) is 11.4 Å². The fourth-order valence-corrected chi connectivity index (χ4v) is 4.93. The molecule has 0 radical (unpaired) electrons. The summed E-state index contributed by atoms with van der Waals surface area (Å²) in [5.74, 6) is 0.956. The minimum atomic E-state index is 0.842. The highest BCUT2D eigenvalue weighted by atomic mass is 15.3. The first-order valence-corrected chi connectivity index (χ1v) is 10.8. The first kappa shape index (κ1) is 17.7. The fourth-order valence-electron chi connectivity index (χ4n) is 4.93. The zero-order valence-corrected chi connectivity index (χ0v) is 16.8. The van der Waals surface area contributed by atoms with Crippen LogP contribution in [0.4, 0.5) is 5.69 Å². The lowest BCUT2D eigenvalue weighted by Crippen LogP contribution is -2.50. The van der Waals surface area contributed by atoms with Crippen molar-refractivity contribution < 1.29 is 0 Å². The molecule has 1 N–H and O–H groups in total. The molecule has 1 saturated heterocycles. The molecule has 2 heterocycles. The van der Waals surface area contributed by atoms with Gasteiger partial charge in [0.25, 0.3) is 0 Å². The Bertz CT molecular complexity index is 929. The molecule has 0 spiro atoms. The number of imidazole rings is 1. The maximum atomic E-state index is 4.81. The summed E-state index contributed by atoms with van der Waals surface area (Å²) in [6, 6.07) is 16.1. The van der Waals surface area contributed by atoms with Gasteiger partial charge in [0.2, 0.25) is 0 Å². The van der Waals surface area contributed by atoms with Gasteiger partial charge in [0.1, 0.15) is 5.82 Å². The molecule has 0 amide bonds. The number of aromatic nitrogens is 2. The van der Waals surface area contributed by atoms with Crippen molar-refractivity contribution in [1.82, 2.24) is 14.9 Å². The van der Waals surface area contributed by atoms with E-state index in [1.54, 1.807) is 0 Å². The highest BCUT2D eigenvalue weighted by Gasteiger charge is 2.25. The van der Waals surface area contributed by atoms with E-state index < -0.39 is 0 Å². The van der Waals surface area contributed by atoms with Gasteiger partial charge >= 0.3 is 0 Å². The van der Waals surface area contributed by atoms with Crippen LogP contribution in [0.2, 0.25) is 0 Å². The molecule has 0 unspecified atom stereocenters. The molecule has 28 heavy (non-hydrogen) atoms. The second kappa shape index (κ2) is 7.59. The van der Waals surface area contributed by atoms with Gasteiger partial charge < -0.3 is 9.88 Å².